The lowest BCUT2D eigenvalue weighted by atomic mass is 9.89. The second-order valence-corrected chi connectivity index (χ2v) is 10.1. The van der Waals surface area contributed by atoms with Gasteiger partial charge in [-0.15, -0.1) is 23.1 Å². The zero-order valence-corrected chi connectivity index (χ0v) is 18.7. The van der Waals surface area contributed by atoms with E-state index in [1.54, 1.807) is 11.3 Å². The summed E-state index contributed by atoms with van der Waals surface area (Å²) in [6.07, 6.45) is 8.58. The van der Waals surface area contributed by atoms with Gasteiger partial charge in [-0.2, -0.15) is 0 Å². The van der Waals surface area contributed by atoms with Crippen molar-refractivity contribution in [2.75, 3.05) is 18.8 Å². The molecule has 0 unspecified atom stereocenters. The zero-order valence-electron chi connectivity index (χ0n) is 17.1. The van der Waals surface area contributed by atoms with Crippen LogP contribution in [-0.4, -0.2) is 40.6 Å². The van der Waals surface area contributed by atoms with E-state index >= 15 is 0 Å². The van der Waals surface area contributed by atoms with E-state index in [0.717, 1.165) is 55.2 Å². The molecule has 1 fully saturated rings. The molecule has 0 spiro atoms. The highest BCUT2D eigenvalue weighted by Gasteiger charge is 2.21. The molecule has 2 heterocycles. The summed E-state index contributed by atoms with van der Waals surface area (Å²) in [5.41, 5.74) is 1.12. The van der Waals surface area contributed by atoms with Crippen molar-refractivity contribution in [2.45, 2.75) is 57.1 Å². The first-order valence-corrected chi connectivity index (χ1v) is 12.7. The molecule has 2 aliphatic carbocycles. The number of rotatable bonds is 8. The van der Waals surface area contributed by atoms with E-state index in [0.29, 0.717) is 30.4 Å². The van der Waals surface area contributed by atoms with E-state index in [4.69, 9.17) is 0 Å². The fraction of sp³-hybridized carbons (Fsp3) is 0.619. The molecule has 0 bridgehead atoms. The van der Waals surface area contributed by atoms with Crippen LogP contribution >= 0.6 is 23.1 Å². The molecule has 7 nitrogen and oxygen atoms in total. The minimum Gasteiger partial charge on any atom is -0.354 e. The molecule has 3 N–H and O–H groups in total. The Morgan fingerprint density at radius 2 is 1.90 bits per heavy atom. The third-order valence-corrected chi connectivity index (χ3v) is 7.95. The van der Waals surface area contributed by atoms with Crippen LogP contribution in [0.3, 0.4) is 0 Å². The predicted molar refractivity (Wildman–Crippen MR) is 121 cm³/mol. The molecule has 2 aromatic rings. The number of H-pyrrole nitrogens is 1. The summed E-state index contributed by atoms with van der Waals surface area (Å²) >= 11 is 3.05. The Hall–Kier alpha value is -1.87. The third-order valence-electron chi connectivity index (χ3n) is 5.82. The number of aromatic nitrogens is 2. The van der Waals surface area contributed by atoms with Crippen molar-refractivity contribution in [2.24, 2.45) is 5.92 Å². The molecule has 0 radical (unpaired) electrons. The van der Waals surface area contributed by atoms with Gasteiger partial charge in [0.2, 0.25) is 11.8 Å². The van der Waals surface area contributed by atoms with E-state index in [-0.39, 0.29) is 23.3 Å². The Morgan fingerprint density at radius 1 is 1.10 bits per heavy atom. The number of thioether (sulfide) groups is 1. The highest BCUT2D eigenvalue weighted by Crippen LogP contribution is 2.34. The minimum absolute atomic E-state index is 0.0619. The standard InChI is InChI=1S/C21H28N4O3S2/c26-17(22-9-10-23-19(27)13-5-2-1-3-6-13)12-29-11-16-24-20(28)18-14-7-4-8-15(14)30-21(18)25-16/h13H,1-12H2,(H,22,26)(H,23,27)(H,24,25,28). The number of aromatic amines is 1. The van der Waals surface area contributed by atoms with Gasteiger partial charge in [0.05, 0.1) is 16.9 Å². The van der Waals surface area contributed by atoms with Gasteiger partial charge in [0.25, 0.3) is 5.56 Å². The lowest BCUT2D eigenvalue weighted by Crippen LogP contribution is -2.38. The molecule has 30 heavy (non-hydrogen) atoms. The van der Waals surface area contributed by atoms with Crippen molar-refractivity contribution in [3.8, 4) is 0 Å². The average molecular weight is 449 g/mol. The number of nitrogens with zero attached hydrogens (tertiary/aromatic N) is 1. The second kappa shape index (κ2) is 9.96. The smallest absolute Gasteiger partial charge is 0.259 e. The van der Waals surface area contributed by atoms with Crippen LogP contribution in [0.2, 0.25) is 0 Å². The van der Waals surface area contributed by atoms with Crippen LogP contribution in [0.5, 0.6) is 0 Å². The highest BCUT2D eigenvalue weighted by atomic mass is 32.2. The maximum atomic E-state index is 12.4. The first-order chi connectivity index (χ1) is 14.6. The van der Waals surface area contributed by atoms with E-state index < -0.39 is 0 Å². The van der Waals surface area contributed by atoms with Gasteiger partial charge in [0.1, 0.15) is 10.7 Å². The molecule has 2 amide bonds. The van der Waals surface area contributed by atoms with Crippen molar-refractivity contribution in [1.29, 1.82) is 0 Å². The van der Waals surface area contributed by atoms with E-state index in [1.807, 2.05) is 0 Å². The number of hydrogen-bond acceptors (Lipinski definition) is 6. The molecule has 0 aliphatic heterocycles. The van der Waals surface area contributed by atoms with Gasteiger partial charge >= 0.3 is 0 Å². The molecule has 4 rings (SSSR count). The number of carbonyl (C=O) groups is 2. The minimum atomic E-state index is -0.0783. The average Bonchev–Trinajstić information content (AvgIpc) is 3.32. The molecule has 2 aliphatic rings. The molecule has 0 aromatic carbocycles. The van der Waals surface area contributed by atoms with Crippen LogP contribution < -0.4 is 16.2 Å². The van der Waals surface area contributed by atoms with Crippen LogP contribution in [0.25, 0.3) is 10.2 Å². The van der Waals surface area contributed by atoms with Crippen LogP contribution in [0, 0.1) is 5.92 Å². The normalized spacial score (nSPS) is 16.5. The predicted octanol–water partition coefficient (Wildman–Crippen LogP) is 2.52. The quantitative estimate of drug-likeness (QED) is 0.539. The summed E-state index contributed by atoms with van der Waals surface area (Å²) in [6.45, 7) is 0.889. The van der Waals surface area contributed by atoms with Crippen LogP contribution in [0.15, 0.2) is 4.79 Å². The number of amides is 2. The Kier molecular flexibility index (Phi) is 7.09. The van der Waals surface area contributed by atoms with Gasteiger partial charge in [-0.3, -0.25) is 14.4 Å². The Bertz CT molecular complexity index is 979. The van der Waals surface area contributed by atoms with E-state index in [9.17, 15) is 14.4 Å². The van der Waals surface area contributed by atoms with Crippen LogP contribution in [-0.2, 0) is 28.2 Å². The zero-order chi connectivity index (χ0) is 20.9. The molecule has 9 heteroatoms. The van der Waals surface area contributed by atoms with Crippen LogP contribution in [0.4, 0.5) is 0 Å². The van der Waals surface area contributed by atoms with Crippen molar-refractivity contribution in [1.82, 2.24) is 20.6 Å². The first kappa shape index (κ1) is 21.4. The summed E-state index contributed by atoms with van der Waals surface area (Å²) in [4.78, 5) is 46.1. The number of hydrogen-bond donors (Lipinski definition) is 3. The molecule has 0 atom stereocenters. The van der Waals surface area contributed by atoms with Gasteiger partial charge in [-0.05, 0) is 37.7 Å². The summed E-state index contributed by atoms with van der Waals surface area (Å²) in [7, 11) is 0. The Labute approximate surface area is 183 Å². The molecule has 2 aromatic heterocycles. The maximum Gasteiger partial charge on any atom is 0.259 e. The van der Waals surface area contributed by atoms with Gasteiger partial charge < -0.3 is 15.6 Å². The Morgan fingerprint density at radius 3 is 2.73 bits per heavy atom. The second-order valence-electron chi connectivity index (χ2n) is 8.02. The SMILES string of the molecule is O=C(CSCc1nc2sc3c(c2c(=O)[nH]1)CCC3)NCCNC(=O)C1CCCCC1. The van der Waals surface area contributed by atoms with Crippen LogP contribution in [0.1, 0.15) is 54.8 Å². The fourth-order valence-corrected chi connectivity index (χ4v) is 6.30. The molecular formula is C21H28N4O3S2. The molecular weight excluding hydrogens is 420 g/mol. The lowest BCUT2D eigenvalue weighted by Gasteiger charge is -2.20. The fourth-order valence-electron chi connectivity index (χ4n) is 4.30. The van der Waals surface area contributed by atoms with Crippen molar-refractivity contribution in [3.63, 3.8) is 0 Å². The van der Waals surface area contributed by atoms with Crippen molar-refractivity contribution < 1.29 is 9.59 Å². The number of thiophene rings is 1. The van der Waals surface area contributed by atoms with Gasteiger partial charge in [-0.1, -0.05) is 19.3 Å². The van der Waals surface area contributed by atoms with Gasteiger partial charge in [-0.25, -0.2) is 4.98 Å². The number of carbonyl (C=O) groups excluding carboxylic acids is 2. The van der Waals surface area contributed by atoms with Crippen molar-refractivity contribution in [3.05, 3.63) is 26.6 Å². The number of aryl methyl sites for hydroxylation is 2. The van der Waals surface area contributed by atoms with E-state index in [1.165, 1.54) is 28.6 Å². The number of fused-ring (bicyclic) bond motifs is 3. The van der Waals surface area contributed by atoms with E-state index in [2.05, 4.69) is 20.6 Å². The number of nitrogens with one attached hydrogen (secondary N) is 3. The summed E-state index contributed by atoms with van der Waals surface area (Å²) in [5, 5.41) is 6.51. The summed E-state index contributed by atoms with van der Waals surface area (Å²) in [5.74, 6) is 1.57. The maximum absolute atomic E-state index is 12.4. The first-order valence-electron chi connectivity index (χ1n) is 10.8. The van der Waals surface area contributed by atoms with Gasteiger partial charge in [0.15, 0.2) is 0 Å². The molecule has 162 valence electrons. The van der Waals surface area contributed by atoms with Crippen molar-refractivity contribution >= 4 is 45.1 Å². The topological polar surface area (TPSA) is 104 Å². The highest BCUT2D eigenvalue weighted by molar-refractivity contribution is 7.99. The lowest BCUT2D eigenvalue weighted by molar-refractivity contribution is -0.126. The third kappa shape index (κ3) is 5.06. The van der Waals surface area contributed by atoms with Gasteiger partial charge in [0, 0.05) is 23.9 Å². The Balaban J connectivity index is 1.17. The molecule has 1 saturated carbocycles. The largest absolute Gasteiger partial charge is 0.354 e. The molecule has 0 saturated heterocycles. The monoisotopic (exact) mass is 448 g/mol. The summed E-state index contributed by atoms with van der Waals surface area (Å²) < 4.78 is 0. The summed E-state index contributed by atoms with van der Waals surface area (Å²) in [6, 6.07) is 0.